The topological polar surface area (TPSA) is 79.7 Å². The molecule has 6 nitrogen and oxygen atoms in total. The number of carbonyl (C=O) groups excluding carboxylic acids is 2. The Balaban J connectivity index is 1.87. The molecule has 30 heavy (non-hydrogen) atoms. The van der Waals surface area contributed by atoms with Gasteiger partial charge in [0, 0.05) is 23.6 Å². The van der Waals surface area contributed by atoms with E-state index in [1.807, 2.05) is 13.0 Å². The Morgan fingerprint density at radius 3 is 2.30 bits per heavy atom. The van der Waals surface area contributed by atoms with Gasteiger partial charge in [0.1, 0.15) is 11.5 Å². The average molecular weight is 400 g/mol. The number of aromatic nitrogens is 1. The van der Waals surface area contributed by atoms with Gasteiger partial charge in [-0.15, -0.1) is 0 Å². The fourth-order valence-corrected chi connectivity index (χ4v) is 3.58. The third kappa shape index (κ3) is 3.43. The van der Waals surface area contributed by atoms with Crippen LogP contribution in [-0.2, 0) is 9.59 Å². The molecule has 6 heteroatoms. The number of Topliss-reactive ketones (excluding diaryl/α,β-unsaturated/α-hetero) is 1. The van der Waals surface area contributed by atoms with E-state index in [4.69, 9.17) is 4.74 Å². The molecule has 2 aromatic carbocycles. The van der Waals surface area contributed by atoms with E-state index in [0.717, 1.165) is 0 Å². The highest BCUT2D eigenvalue weighted by Gasteiger charge is 2.46. The summed E-state index contributed by atoms with van der Waals surface area (Å²) in [6.07, 6.45) is 3.19. The molecule has 1 amide bonds. The lowest BCUT2D eigenvalue weighted by atomic mass is 9.96. The van der Waals surface area contributed by atoms with Crippen molar-refractivity contribution >= 4 is 23.1 Å². The van der Waals surface area contributed by atoms with Crippen LogP contribution in [0.3, 0.4) is 0 Å². The predicted molar refractivity (Wildman–Crippen MR) is 113 cm³/mol. The summed E-state index contributed by atoms with van der Waals surface area (Å²) in [6.45, 7) is 2.41. The quantitative estimate of drug-likeness (QED) is 0.396. The van der Waals surface area contributed by atoms with Gasteiger partial charge in [0.05, 0.1) is 18.2 Å². The zero-order chi connectivity index (χ0) is 21.1. The molecule has 0 saturated carbocycles. The Labute approximate surface area is 174 Å². The van der Waals surface area contributed by atoms with Crippen molar-refractivity contribution in [1.82, 2.24) is 4.98 Å². The molecule has 4 rings (SSSR count). The third-order valence-corrected chi connectivity index (χ3v) is 4.94. The predicted octanol–water partition coefficient (Wildman–Crippen LogP) is 4.11. The van der Waals surface area contributed by atoms with E-state index in [0.29, 0.717) is 29.2 Å². The van der Waals surface area contributed by atoms with Crippen molar-refractivity contribution in [3.8, 4) is 5.75 Å². The first-order chi connectivity index (χ1) is 14.6. The van der Waals surface area contributed by atoms with Gasteiger partial charge in [-0.05, 0) is 61.0 Å². The van der Waals surface area contributed by atoms with Gasteiger partial charge >= 0.3 is 0 Å². The number of hydrogen-bond donors (Lipinski definition) is 1. The first-order valence-electron chi connectivity index (χ1n) is 9.61. The van der Waals surface area contributed by atoms with Crippen molar-refractivity contribution in [2.75, 3.05) is 11.5 Å². The number of aliphatic hydroxyl groups is 1. The van der Waals surface area contributed by atoms with Crippen molar-refractivity contribution in [1.29, 1.82) is 0 Å². The van der Waals surface area contributed by atoms with Gasteiger partial charge in [-0.25, -0.2) is 0 Å². The number of carbonyl (C=O) groups is 2. The highest BCUT2D eigenvalue weighted by molar-refractivity contribution is 6.51. The summed E-state index contributed by atoms with van der Waals surface area (Å²) in [4.78, 5) is 31.4. The molecule has 1 fully saturated rings. The number of amides is 1. The van der Waals surface area contributed by atoms with Crippen LogP contribution < -0.4 is 9.64 Å². The van der Waals surface area contributed by atoms with E-state index >= 15 is 0 Å². The fraction of sp³-hybridized carbons (Fsp3) is 0.125. The number of para-hydroxylation sites is 1. The third-order valence-electron chi connectivity index (χ3n) is 4.94. The Bertz CT molecular complexity index is 1090. The molecule has 1 atom stereocenters. The van der Waals surface area contributed by atoms with E-state index in [2.05, 4.69) is 4.98 Å². The second-order valence-electron chi connectivity index (χ2n) is 6.74. The smallest absolute Gasteiger partial charge is 0.300 e. The zero-order valence-electron chi connectivity index (χ0n) is 16.4. The number of hydrogen-bond acceptors (Lipinski definition) is 5. The number of benzene rings is 2. The van der Waals surface area contributed by atoms with Gasteiger partial charge < -0.3 is 9.84 Å². The first kappa shape index (κ1) is 19.4. The molecule has 1 unspecified atom stereocenters. The summed E-state index contributed by atoms with van der Waals surface area (Å²) in [6, 6.07) is 18.4. The Morgan fingerprint density at radius 1 is 1.00 bits per heavy atom. The number of ether oxygens (including phenoxy) is 1. The Kier molecular flexibility index (Phi) is 5.30. The van der Waals surface area contributed by atoms with Crippen LogP contribution in [0.15, 0.2) is 84.7 Å². The van der Waals surface area contributed by atoms with Crippen LogP contribution >= 0.6 is 0 Å². The van der Waals surface area contributed by atoms with Crippen molar-refractivity contribution in [2.45, 2.75) is 13.0 Å². The molecule has 1 aromatic heterocycles. The van der Waals surface area contributed by atoms with E-state index in [9.17, 15) is 14.7 Å². The minimum atomic E-state index is -0.762. The first-order valence-corrected chi connectivity index (χ1v) is 9.61. The molecule has 3 aromatic rings. The van der Waals surface area contributed by atoms with Crippen LogP contribution in [0.2, 0.25) is 0 Å². The van der Waals surface area contributed by atoms with Gasteiger partial charge in [0.2, 0.25) is 0 Å². The minimum absolute atomic E-state index is 0.0409. The van der Waals surface area contributed by atoms with E-state index in [1.165, 1.54) is 4.90 Å². The summed E-state index contributed by atoms with van der Waals surface area (Å²) >= 11 is 0. The molecule has 0 aliphatic carbocycles. The molecule has 1 aliphatic heterocycles. The number of aliphatic hydroxyl groups excluding tert-OH is 1. The van der Waals surface area contributed by atoms with E-state index < -0.39 is 17.7 Å². The zero-order valence-corrected chi connectivity index (χ0v) is 16.4. The van der Waals surface area contributed by atoms with Crippen LogP contribution in [0.1, 0.15) is 24.1 Å². The second-order valence-corrected chi connectivity index (χ2v) is 6.74. The molecule has 0 radical (unpaired) electrons. The van der Waals surface area contributed by atoms with Crippen molar-refractivity contribution in [2.24, 2.45) is 0 Å². The fourth-order valence-electron chi connectivity index (χ4n) is 3.58. The maximum absolute atomic E-state index is 13.0. The molecule has 1 saturated heterocycles. The standard InChI is InChI=1S/C24H20N2O4/c1-2-30-19-10-8-17(9-11-19)22(27)20-21(16-12-14-25-15-13-16)26(24(29)23(20)28)18-6-4-3-5-7-18/h3-15,21,27H,2H2,1H3/b22-20-. The summed E-state index contributed by atoms with van der Waals surface area (Å²) in [7, 11) is 0. The highest BCUT2D eigenvalue weighted by Crippen LogP contribution is 2.41. The number of nitrogens with zero attached hydrogens (tertiary/aromatic N) is 2. The second kappa shape index (κ2) is 8.21. The van der Waals surface area contributed by atoms with Gasteiger partial charge in [0.25, 0.3) is 11.7 Å². The normalized spacial score (nSPS) is 17.9. The number of pyridine rings is 1. The monoisotopic (exact) mass is 400 g/mol. The molecule has 1 aliphatic rings. The van der Waals surface area contributed by atoms with Gasteiger partial charge in [0.15, 0.2) is 0 Å². The lowest BCUT2D eigenvalue weighted by molar-refractivity contribution is -0.132. The molecule has 1 N–H and O–H groups in total. The molecule has 0 bridgehead atoms. The maximum atomic E-state index is 13.0. The van der Waals surface area contributed by atoms with Crippen molar-refractivity contribution in [3.05, 3.63) is 95.8 Å². The number of rotatable bonds is 5. The number of ketones is 1. The summed E-state index contributed by atoms with van der Waals surface area (Å²) < 4.78 is 5.44. The van der Waals surface area contributed by atoms with Crippen LogP contribution in [0.5, 0.6) is 5.75 Å². The largest absolute Gasteiger partial charge is 0.507 e. The highest BCUT2D eigenvalue weighted by atomic mass is 16.5. The minimum Gasteiger partial charge on any atom is -0.507 e. The number of anilines is 1. The SMILES string of the molecule is CCOc1ccc(/C(O)=C2/C(=O)C(=O)N(c3ccccc3)C2c2ccncc2)cc1. The molecule has 2 heterocycles. The van der Waals surface area contributed by atoms with Crippen LogP contribution in [0.4, 0.5) is 5.69 Å². The van der Waals surface area contributed by atoms with Crippen molar-refractivity contribution in [3.63, 3.8) is 0 Å². The molecular formula is C24H20N2O4. The van der Waals surface area contributed by atoms with Crippen LogP contribution in [0, 0.1) is 0 Å². The summed E-state index contributed by atoms with van der Waals surface area (Å²) in [5.74, 6) is -0.983. The Morgan fingerprint density at radius 2 is 1.67 bits per heavy atom. The lowest BCUT2D eigenvalue weighted by Gasteiger charge is -2.25. The molecule has 0 spiro atoms. The van der Waals surface area contributed by atoms with Crippen molar-refractivity contribution < 1.29 is 19.4 Å². The summed E-state index contributed by atoms with van der Waals surface area (Å²) in [5.41, 5.74) is 1.73. The van der Waals surface area contributed by atoms with E-state index in [1.54, 1.807) is 73.1 Å². The van der Waals surface area contributed by atoms with E-state index in [-0.39, 0.29) is 11.3 Å². The average Bonchev–Trinajstić information content (AvgIpc) is 3.06. The maximum Gasteiger partial charge on any atom is 0.300 e. The van der Waals surface area contributed by atoms with Gasteiger partial charge in [-0.3, -0.25) is 19.5 Å². The molecule has 150 valence electrons. The molecular weight excluding hydrogens is 380 g/mol. The van der Waals surface area contributed by atoms with Gasteiger partial charge in [-0.2, -0.15) is 0 Å². The van der Waals surface area contributed by atoms with Crippen LogP contribution in [-0.4, -0.2) is 28.4 Å². The van der Waals surface area contributed by atoms with Crippen LogP contribution in [0.25, 0.3) is 5.76 Å². The summed E-state index contributed by atoms with van der Waals surface area (Å²) in [5, 5.41) is 11.0. The Hall–Kier alpha value is -3.93. The van der Waals surface area contributed by atoms with Gasteiger partial charge in [-0.1, -0.05) is 18.2 Å². The lowest BCUT2D eigenvalue weighted by Crippen LogP contribution is -2.29.